The second-order valence-corrected chi connectivity index (χ2v) is 3.82. The van der Waals surface area contributed by atoms with Crippen molar-refractivity contribution in [1.82, 2.24) is 0 Å². The summed E-state index contributed by atoms with van der Waals surface area (Å²) in [7, 11) is 1.78. The van der Waals surface area contributed by atoms with Crippen molar-refractivity contribution in [1.29, 1.82) is 0 Å². The molecule has 70 valence electrons. The van der Waals surface area contributed by atoms with Crippen molar-refractivity contribution in [3.05, 3.63) is 35.4 Å². The van der Waals surface area contributed by atoms with Gasteiger partial charge in [0, 0.05) is 13.7 Å². The standard InChI is InChI=1S/C12H16O/c1-13-7-6-10-8-11-4-2-3-5-12(11)9-10/h2-5,10H,6-9H2,1H3. The first-order chi connectivity index (χ1) is 6.40. The Bertz CT molecular complexity index is 255. The Labute approximate surface area is 79.7 Å². The minimum atomic E-state index is 0.817. The molecule has 1 aromatic rings. The fraction of sp³-hybridized carbons (Fsp3) is 0.500. The molecule has 1 aromatic carbocycles. The van der Waals surface area contributed by atoms with Crippen molar-refractivity contribution < 1.29 is 4.74 Å². The highest BCUT2D eigenvalue weighted by Gasteiger charge is 2.19. The van der Waals surface area contributed by atoms with E-state index in [1.165, 1.54) is 19.3 Å². The van der Waals surface area contributed by atoms with Crippen LogP contribution >= 0.6 is 0 Å². The molecule has 1 nitrogen and oxygen atoms in total. The number of hydrogen-bond donors (Lipinski definition) is 0. The zero-order valence-corrected chi connectivity index (χ0v) is 8.12. The van der Waals surface area contributed by atoms with Crippen molar-refractivity contribution in [2.24, 2.45) is 5.92 Å². The lowest BCUT2D eigenvalue weighted by Gasteiger charge is -2.06. The van der Waals surface area contributed by atoms with Gasteiger partial charge >= 0.3 is 0 Å². The summed E-state index contributed by atoms with van der Waals surface area (Å²) >= 11 is 0. The summed E-state index contributed by atoms with van der Waals surface area (Å²) in [5, 5.41) is 0. The van der Waals surface area contributed by atoms with Gasteiger partial charge in [-0.3, -0.25) is 0 Å². The van der Waals surface area contributed by atoms with Gasteiger partial charge < -0.3 is 4.74 Å². The predicted octanol–water partition coefficient (Wildman–Crippen LogP) is 2.44. The van der Waals surface area contributed by atoms with E-state index in [9.17, 15) is 0 Å². The molecule has 0 N–H and O–H groups in total. The van der Waals surface area contributed by atoms with Crippen LogP contribution < -0.4 is 0 Å². The molecule has 0 aliphatic heterocycles. The summed E-state index contributed by atoms with van der Waals surface area (Å²) < 4.78 is 5.10. The average molecular weight is 176 g/mol. The fourth-order valence-corrected chi connectivity index (χ4v) is 2.14. The SMILES string of the molecule is COCCC1Cc2ccccc2C1. The third kappa shape index (κ3) is 1.92. The molecule has 0 spiro atoms. The summed E-state index contributed by atoms with van der Waals surface area (Å²) in [6.45, 7) is 0.901. The van der Waals surface area contributed by atoms with E-state index in [-0.39, 0.29) is 0 Å². The quantitative estimate of drug-likeness (QED) is 0.687. The lowest BCUT2D eigenvalue weighted by Crippen LogP contribution is -2.03. The molecule has 13 heavy (non-hydrogen) atoms. The van der Waals surface area contributed by atoms with Crippen molar-refractivity contribution in [2.45, 2.75) is 19.3 Å². The van der Waals surface area contributed by atoms with Crippen LogP contribution in [0.4, 0.5) is 0 Å². The number of benzene rings is 1. The third-order valence-corrected chi connectivity index (χ3v) is 2.87. The Morgan fingerprint density at radius 1 is 1.23 bits per heavy atom. The van der Waals surface area contributed by atoms with E-state index in [2.05, 4.69) is 24.3 Å². The van der Waals surface area contributed by atoms with Gasteiger partial charge in [-0.1, -0.05) is 24.3 Å². The van der Waals surface area contributed by atoms with Crippen LogP contribution in [-0.2, 0) is 17.6 Å². The first-order valence-electron chi connectivity index (χ1n) is 4.96. The monoisotopic (exact) mass is 176 g/mol. The highest BCUT2D eigenvalue weighted by molar-refractivity contribution is 5.31. The Morgan fingerprint density at radius 2 is 1.85 bits per heavy atom. The van der Waals surface area contributed by atoms with Gasteiger partial charge in [-0.2, -0.15) is 0 Å². The molecular weight excluding hydrogens is 160 g/mol. The molecule has 0 saturated heterocycles. The van der Waals surface area contributed by atoms with Crippen LogP contribution in [0.2, 0.25) is 0 Å². The summed E-state index contributed by atoms with van der Waals surface area (Å²) in [5.74, 6) is 0.817. The van der Waals surface area contributed by atoms with E-state index < -0.39 is 0 Å². The Morgan fingerprint density at radius 3 is 2.38 bits per heavy atom. The van der Waals surface area contributed by atoms with E-state index in [1.807, 2.05) is 0 Å². The van der Waals surface area contributed by atoms with Gasteiger partial charge in [0.05, 0.1) is 0 Å². The Balaban J connectivity index is 1.97. The van der Waals surface area contributed by atoms with Crippen LogP contribution in [0, 0.1) is 5.92 Å². The second kappa shape index (κ2) is 3.93. The highest BCUT2D eigenvalue weighted by atomic mass is 16.5. The molecule has 2 rings (SSSR count). The number of fused-ring (bicyclic) bond motifs is 1. The van der Waals surface area contributed by atoms with Gasteiger partial charge in [-0.05, 0) is 36.3 Å². The minimum Gasteiger partial charge on any atom is -0.385 e. The summed E-state index contributed by atoms with van der Waals surface area (Å²) in [4.78, 5) is 0. The van der Waals surface area contributed by atoms with Crippen molar-refractivity contribution in [3.63, 3.8) is 0 Å². The maximum Gasteiger partial charge on any atom is 0.0465 e. The van der Waals surface area contributed by atoms with E-state index in [4.69, 9.17) is 4.74 Å². The van der Waals surface area contributed by atoms with E-state index >= 15 is 0 Å². The predicted molar refractivity (Wildman–Crippen MR) is 53.8 cm³/mol. The first kappa shape index (κ1) is 8.76. The van der Waals surface area contributed by atoms with Crippen LogP contribution in [0.25, 0.3) is 0 Å². The van der Waals surface area contributed by atoms with Crippen LogP contribution in [0.3, 0.4) is 0 Å². The zero-order chi connectivity index (χ0) is 9.10. The third-order valence-electron chi connectivity index (χ3n) is 2.87. The van der Waals surface area contributed by atoms with Crippen LogP contribution in [0.1, 0.15) is 17.5 Å². The molecule has 1 heteroatoms. The minimum absolute atomic E-state index is 0.817. The van der Waals surface area contributed by atoms with Gasteiger partial charge in [-0.25, -0.2) is 0 Å². The molecule has 0 radical (unpaired) electrons. The van der Waals surface area contributed by atoms with Gasteiger partial charge in [-0.15, -0.1) is 0 Å². The average Bonchev–Trinajstić information content (AvgIpc) is 2.57. The Kier molecular flexibility index (Phi) is 2.65. The van der Waals surface area contributed by atoms with E-state index in [0.717, 1.165) is 12.5 Å². The maximum absolute atomic E-state index is 5.10. The van der Waals surface area contributed by atoms with Crippen LogP contribution in [-0.4, -0.2) is 13.7 Å². The normalized spacial score (nSPS) is 16.1. The van der Waals surface area contributed by atoms with Crippen LogP contribution in [0.5, 0.6) is 0 Å². The molecule has 1 aliphatic carbocycles. The molecule has 0 atom stereocenters. The number of ether oxygens (including phenoxy) is 1. The lowest BCUT2D eigenvalue weighted by atomic mass is 10.0. The van der Waals surface area contributed by atoms with E-state index in [0.29, 0.717) is 0 Å². The van der Waals surface area contributed by atoms with Gasteiger partial charge in [0.15, 0.2) is 0 Å². The molecule has 0 unspecified atom stereocenters. The second-order valence-electron chi connectivity index (χ2n) is 3.82. The van der Waals surface area contributed by atoms with E-state index in [1.54, 1.807) is 18.2 Å². The molecule has 0 fully saturated rings. The zero-order valence-electron chi connectivity index (χ0n) is 8.12. The number of hydrogen-bond acceptors (Lipinski definition) is 1. The summed E-state index contributed by atoms with van der Waals surface area (Å²) in [6.07, 6.45) is 3.70. The van der Waals surface area contributed by atoms with Crippen molar-refractivity contribution in [2.75, 3.05) is 13.7 Å². The highest BCUT2D eigenvalue weighted by Crippen LogP contribution is 2.28. The van der Waals surface area contributed by atoms with Gasteiger partial charge in [0.25, 0.3) is 0 Å². The largest absolute Gasteiger partial charge is 0.385 e. The topological polar surface area (TPSA) is 9.23 Å². The fourth-order valence-electron chi connectivity index (χ4n) is 2.14. The Hall–Kier alpha value is -0.820. The summed E-state index contributed by atoms with van der Waals surface area (Å²) in [5.41, 5.74) is 3.09. The van der Waals surface area contributed by atoms with Gasteiger partial charge in [0.2, 0.25) is 0 Å². The smallest absolute Gasteiger partial charge is 0.0465 e. The lowest BCUT2D eigenvalue weighted by molar-refractivity contribution is 0.179. The molecule has 0 heterocycles. The molecule has 0 amide bonds. The summed E-state index contributed by atoms with van der Waals surface area (Å²) in [6, 6.07) is 8.78. The molecule has 1 aliphatic rings. The number of methoxy groups -OCH3 is 1. The van der Waals surface area contributed by atoms with Crippen LogP contribution in [0.15, 0.2) is 24.3 Å². The van der Waals surface area contributed by atoms with Crippen molar-refractivity contribution in [3.8, 4) is 0 Å². The molecular formula is C12H16O. The maximum atomic E-state index is 5.10. The molecule has 0 aromatic heterocycles. The number of rotatable bonds is 3. The van der Waals surface area contributed by atoms with Gasteiger partial charge in [0.1, 0.15) is 0 Å². The molecule has 0 saturated carbocycles. The van der Waals surface area contributed by atoms with Crippen molar-refractivity contribution >= 4 is 0 Å². The first-order valence-corrected chi connectivity index (χ1v) is 4.96. The molecule has 0 bridgehead atoms.